The van der Waals surface area contributed by atoms with Gasteiger partial charge in [0.2, 0.25) is 0 Å². The van der Waals surface area contributed by atoms with Gasteiger partial charge in [-0.1, -0.05) is 220 Å². The van der Waals surface area contributed by atoms with Crippen molar-refractivity contribution in [2.24, 2.45) is 11.8 Å². The SMILES string of the molecule is CCCCCCCC/C=C\CCCCCCCCNC(=O)c1cc(C(=O)NCCCCCCCC/C=C\CCCCCCCC)c(C(=O)NCC(CC)CCCC)cc1C(=O)NCC(CC)CCCC. The maximum atomic E-state index is 14.1. The highest BCUT2D eigenvalue weighted by molar-refractivity contribution is 6.14. The number of unbranched alkanes of at least 4 members (excludes halogenated alkanes) is 26. The Labute approximate surface area is 431 Å². The first-order chi connectivity index (χ1) is 34.3. The number of hydrogen-bond acceptors (Lipinski definition) is 4. The van der Waals surface area contributed by atoms with Crippen molar-refractivity contribution >= 4 is 23.6 Å². The lowest BCUT2D eigenvalue weighted by atomic mass is 9.94. The number of carbonyl (C=O) groups excluding carboxylic acids is 4. The van der Waals surface area contributed by atoms with Crippen LogP contribution in [0.25, 0.3) is 0 Å². The minimum absolute atomic E-state index is 0.136. The van der Waals surface area contributed by atoms with E-state index < -0.39 is 23.6 Å². The molecule has 0 radical (unpaired) electrons. The van der Waals surface area contributed by atoms with E-state index in [0.29, 0.717) is 38.0 Å². The molecule has 0 aliphatic heterocycles. The second-order valence-electron chi connectivity index (χ2n) is 20.6. The molecule has 402 valence electrons. The smallest absolute Gasteiger partial charge is 0.252 e. The summed E-state index contributed by atoms with van der Waals surface area (Å²) in [5, 5.41) is 12.3. The molecule has 0 saturated heterocycles. The van der Waals surface area contributed by atoms with Crippen molar-refractivity contribution in [3.63, 3.8) is 0 Å². The Morgan fingerprint density at radius 1 is 0.343 bits per heavy atom. The lowest BCUT2D eigenvalue weighted by molar-refractivity contribution is 0.0903. The van der Waals surface area contributed by atoms with E-state index in [1.807, 2.05) is 0 Å². The summed E-state index contributed by atoms with van der Waals surface area (Å²) in [4.78, 5) is 56.3. The van der Waals surface area contributed by atoms with Crippen LogP contribution in [0, 0.1) is 11.8 Å². The van der Waals surface area contributed by atoms with Crippen LogP contribution in [0.15, 0.2) is 36.4 Å². The van der Waals surface area contributed by atoms with Crippen LogP contribution in [0.1, 0.15) is 314 Å². The number of hydrogen-bond donors (Lipinski definition) is 4. The fourth-order valence-corrected chi connectivity index (χ4v) is 9.24. The minimum Gasteiger partial charge on any atom is -0.352 e. The standard InChI is InChI=1S/C62H110N4O4/c1-7-13-17-19-21-23-25-27-29-31-33-35-37-39-41-43-47-63-59(67)55-49-56(60(68)64-48-44-42-40-38-36-34-32-30-28-26-24-22-20-18-14-8-2)58(62(70)66-52-54(12-6)46-16-10-4)50-57(55)61(69)65-51-53(11-5)45-15-9-3/h27-30,49-50,53-54H,7-26,31-48,51-52H2,1-6H3,(H,63,67)(H,64,68)(H,65,69)(H,66,70)/b29-27-,30-28-. The van der Waals surface area contributed by atoms with Crippen LogP contribution in [0.2, 0.25) is 0 Å². The lowest BCUT2D eigenvalue weighted by Crippen LogP contribution is -2.36. The molecule has 0 saturated carbocycles. The average molecular weight is 976 g/mol. The van der Waals surface area contributed by atoms with Gasteiger partial charge in [0, 0.05) is 26.2 Å². The van der Waals surface area contributed by atoms with Crippen LogP contribution in [0.4, 0.5) is 0 Å². The van der Waals surface area contributed by atoms with E-state index in [0.717, 1.165) is 103 Å². The van der Waals surface area contributed by atoms with Crippen molar-refractivity contribution in [3.05, 3.63) is 58.7 Å². The molecule has 0 bridgehead atoms. The van der Waals surface area contributed by atoms with Crippen molar-refractivity contribution < 1.29 is 19.2 Å². The van der Waals surface area contributed by atoms with E-state index in [1.54, 1.807) is 0 Å². The predicted octanol–water partition coefficient (Wildman–Crippen LogP) is 17.1. The Balaban J connectivity index is 3.00. The first-order valence-corrected chi connectivity index (χ1v) is 29.9. The van der Waals surface area contributed by atoms with E-state index in [9.17, 15) is 19.2 Å². The molecule has 8 nitrogen and oxygen atoms in total. The number of benzene rings is 1. The van der Waals surface area contributed by atoms with E-state index in [-0.39, 0.29) is 22.3 Å². The third-order valence-electron chi connectivity index (χ3n) is 14.3. The predicted molar refractivity (Wildman–Crippen MR) is 301 cm³/mol. The molecule has 0 aliphatic carbocycles. The van der Waals surface area contributed by atoms with Crippen LogP contribution in [0.3, 0.4) is 0 Å². The van der Waals surface area contributed by atoms with Crippen molar-refractivity contribution in [1.29, 1.82) is 0 Å². The molecule has 8 heteroatoms. The Kier molecular flexibility index (Phi) is 43.0. The summed E-state index contributed by atoms with van der Waals surface area (Å²) in [6, 6.07) is 3.00. The Bertz CT molecular complexity index is 1410. The zero-order valence-corrected chi connectivity index (χ0v) is 46.5. The van der Waals surface area contributed by atoms with E-state index >= 15 is 0 Å². The van der Waals surface area contributed by atoms with Gasteiger partial charge in [0.15, 0.2) is 0 Å². The van der Waals surface area contributed by atoms with Gasteiger partial charge in [0.25, 0.3) is 23.6 Å². The molecular weight excluding hydrogens is 865 g/mol. The molecule has 2 unspecified atom stereocenters. The monoisotopic (exact) mass is 975 g/mol. The second kappa shape index (κ2) is 46.6. The zero-order chi connectivity index (χ0) is 51.1. The van der Waals surface area contributed by atoms with Gasteiger partial charge in [0.05, 0.1) is 22.3 Å². The number of carbonyl (C=O) groups is 4. The van der Waals surface area contributed by atoms with Crippen molar-refractivity contribution in [1.82, 2.24) is 21.3 Å². The first kappa shape index (κ1) is 64.6. The normalized spacial score (nSPS) is 12.4. The van der Waals surface area contributed by atoms with Crippen molar-refractivity contribution in [2.75, 3.05) is 26.2 Å². The van der Waals surface area contributed by atoms with Gasteiger partial charge < -0.3 is 21.3 Å². The van der Waals surface area contributed by atoms with Crippen LogP contribution in [-0.2, 0) is 0 Å². The maximum Gasteiger partial charge on any atom is 0.252 e. The number of allylic oxidation sites excluding steroid dienone is 4. The Morgan fingerprint density at radius 3 is 0.886 bits per heavy atom. The Morgan fingerprint density at radius 2 is 0.600 bits per heavy atom. The summed E-state index contributed by atoms with van der Waals surface area (Å²) < 4.78 is 0. The summed E-state index contributed by atoms with van der Waals surface area (Å²) in [6.07, 6.45) is 51.6. The molecule has 4 amide bonds. The van der Waals surface area contributed by atoms with Gasteiger partial charge in [0.1, 0.15) is 0 Å². The summed E-state index contributed by atoms with van der Waals surface area (Å²) >= 11 is 0. The summed E-state index contributed by atoms with van der Waals surface area (Å²) in [7, 11) is 0. The lowest BCUT2D eigenvalue weighted by Gasteiger charge is -2.19. The van der Waals surface area contributed by atoms with Crippen molar-refractivity contribution in [3.8, 4) is 0 Å². The largest absolute Gasteiger partial charge is 0.352 e. The van der Waals surface area contributed by atoms with E-state index in [4.69, 9.17) is 0 Å². The molecule has 0 spiro atoms. The molecule has 0 heterocycles. The molecular formula is C62H110N4O4. The third kappa shape index (κ3) is 33.3. The summed E-state index contributed by atoms with van der Waals surface area (Å²) in [6.45, 7) is 15.1. The zero-order valence-electron chi connectivity index (χ0n) is 46.5. The van der Waals surface area contributed by atoms with E-state index in [1.165, 1.54) is 141 Å². The quantitative estimate of drug-likeness (QED) is 0.0384. The van der Waals surface area contributed by atoms with Crippen LogP contribution in [-0.4, -0.2) is 49.8 Å². The van der Waals surface area contributed by atoms with Crippen LogP contribution < -0.4 is 21.3 Å². The minimum atomic E-state index is -0.393. The maximum absolute atomic E-state index is 14.1. The number of rotatable bonds is 48. The van der Waals surface area contributed by atoms with Crippen LogP contribution in [0.5, 0.6) is 0 Å². The van der Waals surface area contributed by atoms with Gasteiger partial charge in [-0.2, -0.15) is 0 Å². The number of amides is 4. The van der Waals surface area contributed by atoms with Gasteiger partial charge in [-0.15, -0.1) is 0 Å². The molecule has 2 atom stereocenters. The fourth-order valence-electron chi connectivity index (χ4n) is 9.24. The summed E-state index contributed by atoms with van der Waals surface area (Å²) in [5.41, 5.74) is 0.544. The van der Waals surface area contributed by atoms with Crippen LogP contribution >= 0.6 is 0 Å². The molecule has 1 aromatic rings. The molecule has 1 rings (SSSR count). The molecule has 0 aromatic heterocycles. The molecule has 70 heavy (non-hydrogen) atoms. The third-order valence-corrected chi connectivity index (χ3v) is 14.3. The van der Waals surface area contributed by atoms with Gasteiger partial charge in [-0.25, -0.2) is 0 Å². The van der Waals surface area contributed by atoms with Gasteiger partial charge in [-0.05, 0) is 101 Å². The molecule has 1 aromatic carbocycles. The number of nitrogens with one attached hydrogen (secondary N) is 4. The van der Waals surface area contributed by atoms with E-state index in [2.05, 4.69) is 87.1 Å². The average Bonchev–Trinajstić information content (AvgIpc) is 3.37. The fraction of sp³-hybridized carbons (Fsp3) is 0.774. The first-order valence-electron chi connectivity index (χ1n) is 29.9. The Hall–Kier alpha value is -3.42. The molecule has 0 aliphatic rings. The topological polar surface area (TPSA) is 116 Å². The highest BCUT2D eigenvalue weighted by Gasteiger charge is 2.27. The highest BCUT2D eigenvalue weighted by atomic mass is 16.2. The molecule has 0 fully saturated rings. The molecule has 4 N–H and O–H groups in total. The van der Waals surface area contributed by atoms with Crippen molar-refractivity contribution in [2.45, 2.75) is 273 Å². The van der Waals surface area contributed by atoms with Gasteiger partial charge >= 0.3 is 0 Å². The van der Waals surface area contributed by atoms with Gasteiger partial charge in [-0.3, -0.25) is 19.2 Å². The summed E-state index contributed by atoms with van der Waals surface area (Å²) in [5.74, 6) is -0.937. The second-order valence-corrected chi connectivity index (χ2v) is 20.6. The highest BCUT2D eigenvalue weighted by Crippen LogP contribution is 2.21.